The Hall–Kier alpha value is -2.13. The molecule has 0 spiro atoms. The van der Waals surface area contributed by atoms with Crippen molar-refractivity contribution in [2.75, 3.05) is 4.90 Å². The van der Waals surface area contributed by atoms with E-state index in [0.29, 0.717) is 0 Å². The molecule has 2 atom stereocenters. The van der Waals surface area contributed by atoms with Crippen LogP contribution in [0.2, 0.25) is 0 Å². The second-order valence-corrected chi connectivity index (χ2v) is 5.90. The van der Waals surface area contributed by atoms with Gasteiger partial charge in [-0.1, -0.05) is 49.2 Å². The predicted molar refractivity (Wildman–Crippen MR) is 90.0 cm³/mol. The number of nitrogens with two attached hydrogens (primary N) is 1. The number of hydrogen-bond donors (Lipinski definition) is 1. The van der Waals surface area contributed by atoms with E-state index in [-0.39, 0.29) is 17.9 Å². The molecule has 2 aromatic carbocycles. The van der Waals surface area contributed by atoms with E-state index in [1.54, 1.807) is 0 Å². The molecule has 0 radical (unpaired) electrons. The second kappa shape index (κ2) is 6.75. The summed E-state index contributed by atoms with van der Waals surface area (Å²) in [6.07, 6.45) is 4.03. The van der Waals surface area contributed by atoms with Gasteiger partial charge in [0.25, 0.3) is 0 Å². The monoisotopic (exact) mass is 294 g/mol. The molecule has 0 aliphatic heterocycles. The SMILES string of the molecule is NC1CCCCC1C(=O)N(c1ccccc1)c1ccccc1. The average Bonchev–Trinajstić information content (AvgIpc) is 2.57. The average molecular weight is 294 g/mol. The van der Waals surface area contributed by atoms with E-state index in [4.69, 9.17) is 5.73 Å². The molecule has 0 saturated heterocycles. The lowest BCUT2D eigenvalue weighted by Crippen LogP contribution is -2.44. The maximum Gasteiger partial charge on any atom is 0.236 e. The maximum atomic E-state index is 13.2. The van der Waals surface area contributed by atoms with E-state index in [2.05, 4.69) is 0 Å². The lowest BCUT2D eigenvalue weighted by molar-refractivity contribution is -0.123. The Bertz CT molecular complexity index is 572. The number of nitrogens with zero attached hydrogens (tertiary/aromatic N) is 1. The quantitative estimate of drug-likeness (QED) is 0.934. The fraction of sp³-hybridized carbons (Fsp3) is 0.316. The molecule has 1 amide bonds. The molecule has 3 nitrogen and oxygen atoms in total. The van der Waals surface area contributed by atoms with E-state index < -0.39 is 0 Å². The van der Waals surface area contributed by atoms with Crippen molar-refractivity contribution in [3.05, 3.63) is 60.7 Å². The van der Waals surface area contributed by atoms with E-state index in [0.717, 1.165) is 37.1 Å². The number of benzene rings is 2. The molecule has 1 fully saturated rings. The summed E-state index contributed by atoms with van der Waals surface area (Å²) in [5, 5.41) is 0. The first-order valence-corrected chi connectivity index (χ1v) is 7.97. The minimum Gasteiger partial charge on any atom is -0.327 e. The zero-order valence-corrected chi connectivity index (χ0v) is 12.7. The fourth-order valence-corrected chi connectivity index (χ4v) is 3.19. The molecule has 0 aromatic heterocycles. The van der Waals surface area contributed by atoms with Crippen LogP contribution in [0.1, 0.15) is 25.7 Å². The largest absolute Gasteiger partial charge is 0.327 e. The highest BCUT2D eigenvalue weighted by atomic mass is 16.2. The van der Waals surface area contributed by atoms with Gasteiger partial charge in [-0.15, -0.1) is 0 Å². The summed E-state index contributed by atoms with van der Waals surface area (Å²) in [6.45, 7) is 0. The normalized spacial score (nSPS) is 21.3. The smallest absolute Gasteiger partial charge is 0.236 e. The van der Waals surface area contributed by atoms with Crippen molar-refractivity contribution in [2.45, 2.75) is 31.7 Å². The molecule has 1 saturated carbocycles. The zero-order chi connectivity index (χ0) is 15.4. The number of hydrogen-bond acceptors (Lipinski definition) is 2. The van der Waals surface area contributed by atoms with Crippen LogP contribution >= 0.6 is 0 Å². The standard InChI is InChI=1S/C19H22N2O/c20-18-14-8-7-13-17(18)19(22)21(15-9-3-1-4-10-15)16-11-5-2-6-12-16/h1-6,9-12,17-18H,7-8,13-14,20H2. The van der Waals surface area contributed by atoms with Crippen LogP contribution in [0.25, 0.3) is 0 Å². The molecule has 3 heteroatoms. The molecule has 2 N–H and O–H groups in total. The highest BCUT2D eigenvalue weighted by molar-refractivity contribution is 6.02. The van der Waals surface area contributed by atoms with Crippen molar-refractivity contribution < 1.29 is 4.79 Å². The summed E-state index contributed by atoms with van der Waals surface area (Å²) >= 11 is 0. The minimum absolute atomic E-state index is 0.0313. The summed E-state index contributed by atoms with van der Waals surface area (Å²) in [5.74, 6) is 0.0266. The van der Waals surface area contributed by atoms with Crippen LogP contribution < -0.4 is 10.6 Å². The van der Waals surface area contributed by atoms with Gasteiger partial charge in [0.1, 0.15) is 0 Å². The molecule has 2 aromatic rings. The second-order valence-electron chi connectivity index (χ2n) is 5.90. The van der Waals surface area contributed by atoms with Gasteiger partial charge >= 0.3 is 0 Å². The van der Waals surface area contributed by atoms with Gasteiger partial charge in [-0.05, 0) is 37.1 Å². The molecule has 2 unspecified atom stereocenters. The number of rotatable bonds is 3. The third-order valence-corrected chi connectivity index (χ3v) is 4.39. The highest BCUT2D eigenvalue weighted by Crippen LogP contribution is 2.31. The number of carbonyl (C=O) groups excluding carboxylic acids is 1. The number of amides is 1. The first kappa shape index (κ1) is 14.8. The van der Waals surface area contributed by atoms with Gasteiger partial charge in [-0.2, -0.15) is 0 Å². The van der Waals surface area contributed by atoms with E-state index >= 15 is 0 Å². The Morgan fingerprint density at radius 2 is 1.36 bits per heavy atom. The zero-order valence-electron chi connectivity index (χ0n) is 12.7. The van der Waals surface area contributed by atoms with Gasteiger partial charge in [0.15, 0.2) is 0 Å². The van der Waals surface area contributed by atoms with E-state index in [1.807, 2.05) is 65.6 Å². The lowest BCUT2D eigenvalue weighted by atomic mass is 9.84. The van der Waals surface area contributed by atoms with E-state index in [9.17, 15) is 4.79 Å². The van der Waals surface area contributed by atoms with Crippen LogP contribution in [0.3, 0.4) is 0 Å². The van der Waals surface area contributed by atoms with Crippen LogP contribution in [0, 0.1) is 5.92 Å². The van der Waals surface area contributed by atoms with Gasteiger partial charge in [0.2, 0.25) is 5.91 Å². The van der Waals surface area contributed by atoms with Crippen LogP contribution in [0.15, 0.2) is 60.7 Å². The fourth-order valence-electron chi connectivity index (χ4n) is 3.19. The molecule has 1 aliphatic carbocycles. The summed E-state index contributed by atoms with van der Waals surface area (Å²) < 4.78 is 0. The minimum atomic E-state index is -0.0887. The van der Waals surface area contributed by atoms with Crippen LogP contribution in [0.5, 0.6) is 0 Å². The molecule has 3 rings (SSSR count). The molecular weight excluding hydrogens is 272 g/mol. The molecule has 1 aliphatic rings. The van der Waals surface area contributed by atoms with Crippen molar-refractivity contribution in [1.82, 2.24) is 0 Å². The van der Waals surface area contributed by atoms with E-state index in [1.165, 1.54) is 0 Å². The van der Waals surface area contributed by atoms with Gasteiger partial charge < -0.3 is 5.73 Å². The van der Waals surface area contributed by atoms with Crippen LogP contribution in [0.4, 0.5) is 11.4 Å². The Labute approximate surface area is 131 Å². The summed E-state index contributed by atoms with van der Waals surface area (Å²) in [7, 11) is 0. The molecule has 22 heavy (non-hydrogen) atoms. The number of para-hydroxylation sites is 2. The van der Waals surface area contributed by atoms with Crippen molar-refractivity contribution in [3.63, 3.8) is 0 Å². The third-order valence-electron chi connectivity index (χ3n) is 4.39. The summed E-state index contributed by atoms with van der Waals surface area (Å²) in [4.78, 5) is 15.0. The number of carbonyl (C=O) groups is 1. The van der Waals surface area contributed by atoms with Crippen LogP contribution in [-0.4, -0.2) is 11.9 Å². The number of anilines is 2. The Morgan fingerprint density at radius 1 is 0.864 bits per heavy atom. The lowest BCUT2D eigenvalue weighted by Gasteiger charge is -2.33. The molecule has 0 bridgehead atoms. The first-order chi connectivity index (χ1) is 10.8. The van der Waals surface area contributed by atoms with Crippen molar-refractivity contribution in [3.8, 4) is 0 Å². The van der Waals surface area contributed by atoms with Crippen molar-refractivity contribution in [2.24, 2.45) is 11.7 Å². The highest BCUT2D eigenvalue weighted by Gasteiger charge is 2.32. The van der Waals surface area contributed by atoms with Gasteiger partial charge in [-0.25, -0.2) is 0 Å². The topological polar surface area (TPSA) is 46.3 Å². The Balaban J connectivity index is 1.97. The summed E-state index contributed by atoms with van der Waals surface area (Å²) in [5.41, 5.74) is 8.03. The molecular formula is C19H22N2O. The van der Waals surface area contributed by atoms with Crippen molar-refractivity contribution in [1.29, 1.82) is 0 Å². The molecule has 0 heterocycles. The van der Waals surface area contributed by atoms with Gasteiger partial charge in [0.05, 0.1) is 5.92 Å². The van der Waals surface area contributed by atoms with Gasteiger partial charge in [-0.3, -0.25) is 9.69 Å². The predicted octanol–water partition coefficient (Wildman–Crippen LogP) is 3.87. The summed E-state index contributed by atoms with van der Waals surface area (Å²) in [6, 6.07) is 19.6. The third kappa shape index (κ3) is 3.04. The van der Waals surface area contributed by atoms with Crippen molar-refractivity contribution >= 4 is 17.3 Å². The maximum absolute atomic E-state index is 13.2. The van der Waals surface area contributed by atoms with Gasteiger partial charge in [0, 0.05) is 17.4 Å². The first-order valence-electron chi connectivity index (χ1n) is 7.97. The Kier molecular flexibility index (Phi) is 4.54. The van der Waals surface area contributed by atoms with Crippen LogP contribution in [-0.2, 0) is 4.79 Å². The Morgan fingerprint density at radius 3 is 1.86 bits per heavy atom. The molecule has 114 valence electrons.